The molecule has 1 aromatic heterocycles. The summed E-state index contributed by atoms with van der Waals surface area (Å²) in [5.41, 5.74) is 2.28. The molecule has 176 valence electrons. The molecule has 2 heterocycles. The van der Waals surface area contributed by atoms with Gasteiger partial charge in [-0.15, -0.1) is 5.10 Å². The highest BCUT2D eigenvalue weighted by Gasteiger charge is 2.33. The molecule has 2 aromatic carbocycles. The second-order valence-electron chi connectivity index (χ2n) is 8.23. The van der Waals surface area contributed by atoms with Gasteiger partial charge in [0.25, 0.3) is 0 Å². The molecule has 1 aliphatic rings. The van der Waals surface area contributed by atoms with Crippen LogP contribution >= 0.6 is 0 Å². The summed E-state index contributed by atoms with van der Waals surface area (Å²) < 4.78 is 35.0. The highest BCUT2D eigenvalue weighted by molar-refractivity contribution is 7.89. The quantitative estimate of drug-likeness (QED) is 0.541. The molecular formula is C23H29N5O4S. The third-order valence-electron chi connectivity index (χ3n) is 5.91. The molecule has 1 saturated heterocycles. The number of nitrogens with zero attached hydrogens (tertiary/aromatic N) is 4. The van der Waals surface area contributed by atoms with E-state index < -0.39 is 15.9 Å². The van der Waals surface area contributed by atoms with Gasteiger partial charge in [-0.1, -0.05) is 24.3 Å². The third kappa shape index (κ3) is 5.01. The summed E-state index contributed by atoms with van der Waals surface area (Å²) in [6.07, 6.45) is 2.19. The van der Waals surface area contributed by atoms with Gasteiger partial charge in [-0.3, -0.25) is 4.79 Å². The molecule has 3 aromatic rings. The lowest BCUT2D eigenvalue weighted by molar-refractivity contribution is -0.126. The lowest BCUT2D eigenvalue weighted by Crippen LogP contribution is -2.45. The summed E-state index contributed by atoms with van der Waals surface area (Å²) in [6, 6.07) is 12.4. The number of hydrogen-bond acceptors (Lipinski definition) is 6. The van der Waals surface area contributed by atoms with Crippen LogP contribution in [-0.4, -0.2) is 53.8 Å². The van der Waals surface area contributed by atoms with Gasteiger partial charge >= 0.3 is 0 Å². The van der Waals surface area contributed by atoms with Crippen LogP contribution in [-0.2, 0) is 27.9 Å². The van der Waals surface area contributed by atoms with E-state index in [-0.39, 0.29) is 17.3 Å². The maximum absolute atomic E-state index is 13.3. The molecule has 0 unspecified atom stereocenters. The van der Waals surface area contributed by atoms with Gasteiger partial charge in [0.15, 0.2) is 0 Å². The lowest BCUT2D eigenvalue weighted by atomic mass is 9.99. The zero-order valence-electron chi connectivity index (χ0n) is 18.9. The summed E-state index contributed by atoms with van der Waals surface area (Å²) in [4.78, 5) is 13.0. The Morgan fingerprint density at radius 2 is 2.09 bits per heavy atom. The van der Waals surface area contributed by atoms with Gasteiger partial charge in [0.05, 0.1) is 23.4 Å². The number of benzene rings is 2. The van der Waals surface area contributed by atoms with Crippen LogP contribution in [0.3, 0.4) is 0 Å². The number of piperidine rings is 1. The Labute approximate surface area is 193 Å². The summed E-state index contributed by atoms with van der Waals surface area (Å²) in [7, 11) is -2.14. The van der Waals surface area contributed by atoms with Crippen molar-refractivity contribution in [3.8, 4) is 5.75 Å². The van der Waals surface area contributed by atoms with E-state index in [9.17, 15) is 13.2 Å². The number of fused-ring (bicyclic) bond motifs is 1. The van der Waals surface area contributed by atoms with E-state index in [1.165, 1.54) is 4.31 Å². The van der Waals surface area contributed by atoms with Crippen LogP contribution in [0.15, 0.2) is 47.4 Å². The molecule has 0 saturated carbocycles. The zero-order chi connectivity index (χ0) is 23.4. The van der Waals surface area contributed by atoms with Crippen molar-refractivity contribution in [2.24, 2.45) is 5.92 Å². The van der Waals surface area contributed by atoms with E-state index in [0.717, 1.165) is 29.8 Å². The Kier molecular flexibility index (Phi) is 6.94. The second-order valence-corrected chi connectivity index (χ2v) is 10.2. The highest BCUT2D eigenvalue weighted by Crippen LogP contribution is 2.26. The molecule has 0 spiro atoms. The minimum atomic E-state index is -3.74. The molecule has 0 aliphatic carbocycles. The molecule has 4 rings (SSSR count). The first-order chi connectivity index (χ1) is 15.9. The van der Waals surface area contributed by atoms with Crippen molar-refractivity contribution in [3.05, 3.63) is 48.0 Å². The van der Waals surface area contributed by atoms with Crippen molar-refractivity contribution in [1.29, 1.82) is 0 Å². The fraction of sp³-hybridized carbons (Fsp3) is 0.435. The molecule has 1 fully saturated rings. The van der Waals surface area contributed by atoms with Crippen LogP contribution in [0.1, 0.15) is 31.7 Å². The van der Waals surface area contributed by atoms with E-state index in [4.69, 9.17) is 4.74 Å². The maximum Gasteiger partial charge on any atom is 0.243 e. The average molecular weight is 472 g/mol. The van der Waals surface area contributed by atoms with Crippen molar-refractivity contribution in [2.75, 3.05) is 20.2 Å². The van der Waals surface area contributed by atoms with Gasteiger partial charge in [0, 0.05) is 26.2 Å². The molecule has 10 heteroatoms. The number of methoxy groups -OCH3 is 1. The van der Waals surface area contributed by atoms with Crippen LogP contribution in [0.5, 0.6) is 5.75 Å². The summed E-state index contributed by atoms with van der Waals surface area (Å²) in [5.74, 6) is 0.187. The van der Waals surface area contributed by atoms with E-state index >= 15 is 0 Å². The van der Waals surface area contributed by atoms with E-state index in [1.807, 2.05) is 31.2 Å². The number of sulfonamides is 1. The number of amides is 1. The minimum absolute atomic E-state index is 0.143. The molecular weight excluding hydrogens is 442 g/mol. The first-order valence-corrected chi connectivity index (χ1v) is 12.6. The average Bonchev–Trinajstić information content (AvgIpc) is 3.25. The molecule has 1 amide bonds. The first kappa shape index (κ1) is 23.2. The van der Waals surface area contributed by atoms with Crippen molar-refractivity contribution >= 4 is 27.0 Å². The van der Waals surface area contributed by atoms with Gasteiger partial charge in [0.2, 0.25) is 15.9 Å². The number of carbonyl (C=O) groups is 1. The third-order valence-corrected chi connectivity index (χ3v) is 7.78. The number of rotatable bonds is 8. The van der Waals surface area contributed by atoms with Crippen LogP contribution in [0.25, 0.3) is 11.0 Å². The van der Waals surface area contributed by atoms with Crippen LogP contribution < -0.4 is 10.1 Å². The topological polar surface area (TPSA) is 106 Å². The molecule has 1 N–H and O–H groups in total. The summed E-state index contributed by atoms with van der Waals surface area (Å²) in [5, 5.41) is 11.2. The van der Waals surface area contributed by atoms with Crippen molar-refractivity contribution in [2.45, 2.75) is 44.2 Å². The van der Waals surface area contributed by atoms with Gasteiger partial charge in [0.1, 0.15) is 11.3 Å². The molecule has 1 aliphatic heterocycles. The largest absolute Gasteiger partial charge is 0.497 e. The van der Waals surface area contributed by atoms with Crippen molar-refractivity contribution in [1.82, 2.24) is 24.6 Å². The maximum atomic E-state index is 13.3. The number of aromatic nitrogens is 3. The van der Waals surface area contributed by atoms with Gasteiger partial charge < -0.3 is 10.1 Å². The van der Waals surface area contributed by atoms with Gasteiger partial charge in [-0.05, 0) is 55.2 Å². The van der Waals surface area contributed by atoms with Crippen LogP contribution in [0.2, 0.25) is 0 Å². The number of hydrogen-bond donors (Lipinski definition) is 1. The fourth-order valence-corrected chi connectivity index (χ4v) is 5.67. The summed E-state index contributed by atoms with van der Waals surface area (Å²) in [6.45, 7) is 3.69. The van der Waals surface area contributed by atoms with E-state index in [1.54, 1.807) is 30.0 Å². The fourth-order valence-electron chi connectivity index (χ4n) is 4.13. The molecule has 1 atom stereocenters. The second kappa shape index (κ2) is 9.88. The predicted molar refractivity (Wildman–Crippen MR) is 124 cm³/mol. The number of nitrogens with one attached hydrogen (secondary N) is 1. The van der Waals surface area contributed by atoms with Crippen LogP contribution in [0, 0.1) is 5.92 Å². The number of ether oxygens (including phenoxy) is 1. The highest BCUT2D eigenvalue weighted by atomic mass is 32.2. The molecule has 0 radical (unpaired) electrons. The lowest BCUT2D eigenvalue weighted by Gasteiger charge is -2.31. The predicted octanol–water partition coefficient (Wildman–Crippen LogP) is 2.57. The van der Waals surface area contributed by atoms with Gasteiger partial charge in [-0.25, -0.2) is 13.1 Å². The standard InChI is InChI=1S/C23H29N5O4S/c1-3-11-28-22-10-9-20(14-21(22)25-26-28)33(30,31)27-12-5-7-18(16-27)23(29)24-15-17-6-4-8-19(13-17)32-2/h4,6,8-10,13-14,18H,3,5,7,11-12,15-16H2,1-2H3,(H,24,29)/t18-/m0/s1. The summed E-state index contributed by atoms with van der Waals surface area (Å²) >= 11 is 0. The Morgan fingerprint density at radius 1 is 1.24 bits per heavy atom. The SMILES string of the molecule is CCCn1nnc2cc(S(=O)(=O)N3CCC[C@H](C(=O)NCc4cccc(OC)c4)C3)ccc21. The van der Waals surface area contributed by atoms with Crippen LogP contribution in [0.4, 0.5) is 0 Å². The molecule has 33 heavy (non-hydrogen) atoms. The molecule has 0 bridgehead atoms. The minimum Gasteiger partial charge on any atom is -0.497 e. The van der Waals surface area contributed by atoms with E-state index in [0.29, 0.717) is 31.4 Å². The van der Waals surface area contributed by atoms with Crippen molar-refractivity contribution < 1.29 is 17.9 Å². The first-order valence-electron chi connectivity index (χ1n) is 11.2. The number of aryl methyl sites for hydroxylation is 1. The Bertz CT molecular complexity index is 1240. The Morgan fingerprint density at radius 3 is 2.88 bits per heavy atom. The Balaban J connectivity index is 1.44. The van der Waals surface area contributed by atoms with Gasteiger partial charge in [-0.2, -0.15) is 4.31 Å². The number of carbonyl (C=O) groups excluding carboxylic acids is 1. The normalized spacial score (nSPS) is 17.2. The monoisotopic (exact) mass is 471 g/mol. The smallest absolute Gasteiger partial charge is 0.243 e. The van der Waals surface area contributed by atoms with E-state index in [2.05, 4.69) is 15.6 Å². The zero-order valence-corrected chi connectivity index (χ0v) is 19.7. The molecule has 9 nitrogen and oxygen atoms in total. The Hall–Kier alpha value is -2.98. The van der Waals surface area contributed by atoms with Crippen molar-refractivity contribution in [3.63, 3.8) is 0 Å².